The lowest BCUT2D eigenvalue weighted by atomic mass is 9.48. The van der Waals surface area contributed by atoms with E-state index >= 15 is 4.39 Å². The Kier molecular flexibility index (Phi) is 12.4. The highest BCUT2D eigenvalue weighted by molar-refractivity contribution is 6.23. The number of alkyl halides is 3. The Bertz CT molecular complexity index is 2580. The number of imide groups is 2. The topological polar surface area (TPSA) is 205 Å². The number of piperazine rings is 1. The van der Waals surface area contributed by atoms with Gasteiger partial charge in [0.05, 0.1) is 29.6 Å². The zero-order valence-corrected chi connectivity index (χ0v) is 37.8. The van der Waals surface area contributed by atoms with Crippen molar-refractivity contribution in [3.8, 4) is 11.8 Å². The first kappa shape index (κ1) is 46.3. The second-order valence-corrected chi connectivity index (χ2v) is 19.7. The van der Waals surface area contributed by atoms with E-state index in [1.165, 1.54) is 30.5 Å². The number of fused-ring (bicyclic) bond motifs is 1. The summed E-state index contributed by atoms with van der Waals surface area (Å²) < 4.78 is 58.6. The van der Waals surface area contributed by atoms with Crippen molar-refractivity contribution in [1.82, 2.24) is 35.3 Å². The molecule has 5 heterocycles. The average molecular weight is 956 g/mol. The van der Waals surface area contributed by atoms with E-state index in [-0.39, 0.29) is 89.0 Å². The summed E-state index contributed by atoms with van der Waals surface area (Å²) in [5.74, 6) is -1.54. The van der Waals surface area contributed by atoms with Gasteiger partial charge in [0.25, 0.3) is 11.8 Å². The molecule has 4 aliphatic carbocycles. The lowest BCUT2D eigenvalue weighted by Gasteiger charge is -2.60. The number of rotatable bonds is 13. The van der Waals surface area contributed by atoms with Gasteiger partial charge in [0, 0.05) is 76.4 Å². The molecule has 11 rings (SSSR count). The molecule has 3 aromatic rings. The molecule has 7 fully saturated rings. The van der Waals surface area contributed by atoms with Crippen LogP contribution in [0, 0.1) is 40.3 Å². The van der Waals surface area contributed by atoms with Crippen molar-refractivity contribution < 1.29 is 46.3 Å². The number of piperidine rings is 2. The number of nitrogens with zero attached hydrogens (tertiary/aromatic N) is 7. The Balaban J connectivity index is 0.681. The summed E-state index contributed by atoms with van der Waals surface area (Å²) in [5, 5.41) is 22.1. The van der Waals surface area contributed by atoms with Crippen molar-refractivity contribution in [3.05, 3.63) is 70.7 Å². The Morgan fingerprint density at radius 3 is 2.33 bits per heavy atom. The molecule has 69 heavy (non-hydrogen) atoms. The Morgan fingerprint density at radius 2 is 1.64 bits per heavy atom. The second-order valence-electron chi connectivity index (χ2n) is 19.7. The van der Waals surface area contributed by atoms with Crippen LogP contribution in [0.2, 0.25) is 0 Å². The molecule has 0 spiro atoms. The van der Waals surface area contributed by atoms with Crippen LogP contribution in [0.25, 0.3) is 0 Å². The number of ether oxygens (including phenoxy) is 1. The zero-order valence-electron chi connectivity index (χ0n) is 37.8. The van der Waals surface area contributed by atoms with E-state index in [9.17, 15) is 42.4 Å². The molecule has 0 radical (unpaired) electrons. The fourth-order valence-corrected chi connectivity index (χ4v) is 12.6. The number of para-hydroxylation sites is 1. The van der Waals surface area contributed by atoms with E-state index in [2.05, 4.69) is 46.9 Å². The molecule has 4 N–H and O–H groups in total. The number of anilines is 3. The van der Waals surface area contributed by atoms with Gasteiger partial charge in [0.1, 0.15) is 35.1 Å². The monoisotopic (exact) mass is 955 g/mol. The highest BCUT2D eigenvalue weighted by Crippen LogP contribution is 2.60. The van der Waals surface area contributed by atoms with Crippen LogP contribution in [0.5, 0.6) is 5.75 Å². The minimum Gasteiger partial charge on any atom is -0.405 e. The van der Waals surface area contributed by atoms with E-state index in [1.54, 1.807) is 6.07 Å². The number of nitrogens with one attached hydrogen (secondary N) is 4. The van der Waals surface area contributed by atoms with Gasteiger partial charge in [-0.15, -0.1) is 13.2 Å². The van der Waals surface area contributed by atoms with Crippen molar-refractivity contribution in [1.29, 1.82) is 5.26 Å². The first-order valence-electron chi connectivity index (χ1n) is 23.8. The maximum atomic E-state index is 15.6. The molecule has 1 aromatic heterocycles. The lowest BCUT2D eigenvalue weighted by Crippen LogP contribution is -2.61. The van der Waals surface area contributed by atoms with Crippen LogP contribution >= 0.6 is 0 Å². The Morgan fingerprint density at radius 1 is 0.928 bits per heavy atom. The summed E-state index contributed by atoms with van der Waals surface area (Å²) >= 11 is 0. The first-order valence-corrected chi connectivity index (χ1v) is 23.8. The molecule has 3 saturated heterocycles. The summed E-state index contributed by atoms with van der Waals surface area (Å²) in [6.45, 7) is 4.60. The molecule has 2 aromatic carbocycles. The number of benzene rings is 2. The molecule has 21 heteroatoms. The maximum absolute atomic E-state index is 15.6. The molecular weight excluding hydrogens is 903 g/mol. The third-order valence-electron chi connectivity index (χ3n) is 15.6. The summed E-state index contributed by atoms with van der Waals surface area (Å²) in [5.41, 5.74) is 0.727. The van der Waals surface area contributed by atoms with Crippen molar-refractivity contribution in [2.75, 3.05) is 67.9 Å². The highest BCUT2D eigenvalue weighted by Gasteiger charge is 2.55. The van der Waals surface area contributed by atoms with E-state index in [1.807, 2.05) is 9.80 Å². The number of hydrogen-bond donors (Lipinski definition) is 4. The minimum absolute atomic E-state index is 0.000399. The van der Waals surface area contributed by atoms with Gasteiger partial charge in [-0.05, 0) is 92.7 Å². The molecular formula is C48H53F4N11O6. The number of halogens is 4. The van der Waals surface area contributed by atoms with E-state index in [0.717, 1.165) is 69.0 Å². The lowest BCUT2D eigenvalue weighted by molar-refractivity contribution is -0.274. The predicted molar refractivity (Wildman–Crippen MR) is 240 cm³/mol. The van der Waals surface area contributed by atoms with Gasteiger partial charge in [0.2, 0.25) is 23.7 Å². The number of hydrogen-bond acceptors (Lipinski definition) is 14. The largest absolute Gasteiger partial charge is 0.573 e. The molecule has 5 amide bonds. The normalized spacial score (nSPS) is 27.1. The number of carbonyl (C=O) groups excluding carboxylic acids is 5. The van der Waals surface area contributed by atoms with E-state index in [4.69, 9.17) is 0 Å². The molecule has 3 atom stereocenters. The third kappa shape index (κ3) is 9.40. The average Bonchev–Trinajstić information content (AvgIpc) is 3.56. The third-order valence-corrected chi connectivity index (χ3v) is 15.6. The molecule has 17 nitrogen and oxygen atoms in total. The molecule has 3 unspecified atom stereocenters. The summed E-state index contributed by atoms with van der Waals surface area (Å²) in [7, 11) is 0. The van der Waals surface area contributed by atoms with Gasteiger partial charge in [-0.25, -0.2) is 9.37 Å². The fourth-order valence-electron chi connectivity index (χ4n) is 12.6. The van der Waals surface area contributed by atoms with E-state index in [0.29, 0.717) is 56.3 Å². The second kappa shape index (κ2) is 18.5. The smallest absolute Gasteiger partial charge is 0.405 e. The van der Waals surface area contributed by atoms with Crippen molar-refractivity contribution in [3.63, 3.8) is 0 Å². The maximum Gasteiger partial charge on any atom is 0.573 e. The minimum atomic E-state index is -4.84. The molecule has 4 saturated carbocycles. The number of nitriles is 1. The zero-order chi connectivity index (χ0) is 48.2. The standard InChI is InChI=1S/C48H53F4N11O6/c49-35-17-33-34(45(68)63(44(33)67)36-5-6-39(64)58-43(36)66)18-37(35)61-9-7-32(8-10-61)60-11-13-62(14-12-60)40(65)25-54-41-29-15-27-16-30(41)21-47(19-27,20-29)26-57-42-31(22-53)24-56-46(59-42)55-23-28-3-1-2-4-38(28)69-48(50,51)52/h1-4,17-18,24,27,29-30,32,36,41,54H,5-16,19-21,23,25-26H2,(H,58,64,66)(H2,55,56,57,59). The van der Waals surface area contributed by atoms with Crippen LogP contribution < -0.4 is 30.9 Å². The number of carbonyl (C=O) groups is 5. The first-order chi connectivity index (χ1) is 33.1. The Labute approximate surface area is 395 Å². The SMILES string of the molecule is N#Cc1cnc(NCc2ccccc2OC(F)(F)F)nc1NCC12CC3CC(C1)C(NCC(=O)N1CCN(C4CCN(c5cc6c(cc5F)C(=O)N(C5CCC(=O)NC5=O)C6=O)CC4)CC1)C(C3)C2. The van der Waals surface area contributed by atoms with Crippen LogP contribution in [0.15, 0.2) is 42.6 Å². The van der Waals surface area contributed by atoms with Crippen LogP contribution in [0.3, 0.4) is 0 Å². The van der Waals surface area contributed by atoms with Crippen LogP contribution in [0.4, 0.5) is 35.0 Å². The van der Waals surface area contributed by atoms with Gasteiger partial charge in [0.15, 0.2) is 0 Å². The Hall–Kier alpha value is -6.40. The van der Waals surface area contributed by atoms with Gasteiger partial charge < -0.3 is 30.5 Å². The number of amides is 5. The highest BCUT2D eigenvalue weighted by atomic mass is 19.4. The van der Waals surface area contributed by atoms with E-state index < -0.39 is 41.9 Å². The predicted octanol–water partition coefficient (Wildman–Crippen LogP) is 4.41. The van der Waals surface area contributed by atoms with Gasteiger partial charge in [-0.2, -0.15) is 10.2 Å². The van der Waals surface area contributed by atoms with Gasteiger partial charge in [-0.1, -0.05) is 18.2 Å². The molecule has 4 bridgehead atoms. The quantitative estimate of drug-likeness (QED) is 0.139. The van der Waals surface area contributed by atoms with Gasteiger partial charge in [-0.3, -0.25) is 39.1 Å². The summed E-state index contributed by atoms with van der Waals surface area (Å²) in [6, 6.07) is 9.81. The summed E-state index contributed by atoms with van der Waals surface area (Å²) in [6.07, 6.45) is 3.31. The van der Waals surface area contributed by atoms with Crippen molar-refractivity contribution in [2.45, 2.75) is 88.8 Å². The molecule has 364 valence electrons. The van der Waals surface area contributed by atoms with Crippen molar-refractivity contribution >= 4 is 47.0 Å². The molecule has 4 aliphatic heterocycles. The van der Waals surface area contributed by atoms with Crippen LogP contribution in [0.1, 0.15) is 89.6 Å². The van der Waals surface area contributed by atoms with Crippen LogP contribution in [-0.2, 0) is 20.9 Å². The van der Waals surface area contributed by atoms with Crippen molar-refractivity contribution in [2.24, 2.45) is 23.2 Å². The fraction of sp³-hybridized carbons (Fsp3) is 0.542. The summed E-state index contributed by atoms with van der Waals surface area (Å²) in [4.78, 5) is 80.2. The number of aromatic nitrogens is 2. The van der Waals surface area contributed by atoms with Crippen LogP contribution in [-0.4, -0.2) is 131 Å². The molecule has 8 aliphatic rings. The van der Waals surface area contributed by atoms with Gasteiger partial charge >= 0.3 is 6.36 Å².